The largest absolute Gasteiger partial charge is 0.384 e. The molecular formula is C17H24N2O2S. The number of carbonyl (C=O) groups is 1. The predicted molar refractivity (Wildman–Crippen MR) is 88.1 cm³/mol. The summed E-state index contributed by atoms with van der Waals surface area (Å²) in [7, 11) is 1.76. The fourth-order valence-electron chi connectivity index (χ4n) is 4.65. The Labute approximate surface area is 136 Å². The number of fused-ring (bicyclic) bond motifs is 1. The SMILES string of the molecule is COC[C@@]12CN(C(=O)c3cccnc3SC)C[C@@H]1C(C)(C)C2. The first-order valence-corrected chi connectivity index (χ1v) is 8.93. The van der Waals surface area contributed by atoms with E-state index in [1.165, 1.54) is 11.8 Å². The number of likely N-dealkylation sites (tertiary alicyclic amines) is 1. The van der Waals surface area contributed by atoms with Crippen LogP contribution in [0.5, 0.6) is 0 Å². The normalized spacial score (nSPS) is 29.1. The third-order valence-corrected chi connectivity index (χ3v) is 6.02. The minimum absolute atomic E-state index is 0.109. The maximum atomic E-state index is 12.9. The third kappa shape index (κ3) is 2.35. The molecule has 1 aliphatic heterocycles. The molecule has 1 saturated carbocycles. The summed E-state index contributed by atoms with van der Waals surface area (Å²) >= 11 is 1.53. The highest BCUT2D eigenvalue weighted by Gasteiger charge is 2.63. The summed E-state index contributed by atoms with van der Waals surface area (Å²) in [6.07, 6.45) is 4.83. The van der Waals surface area contributed by atoms with Gasteiger partial charge in [0, 0.05) is 31.8 Å². The smallest absolute Gasteiger partial charge is 0.256 e. The van der Waals surface area contributed by atoms with E-state index in [1.807, 2.05) is 23.3 Å². The van der Waals surface area contributed by atoms with Gasteiger partial charge in [0.25, 0.3) is 5.91 Å². The lowest BCUT2D eigenvalue weighted by Crippen LogP contribution is -2.55. The Balaban J connectivity index is 1.84. The van der Waals surface area contributed by atoms with Crippen molar-refractivity contribution in [2.45, 2.75) is 25.3 Å². The molecule has 1 aromatic rings. The quantitative estimate of drug-likeness (QED) is 0.800. The molecule has 2 heterocycles. The van der Waals surface area contributed by atoms with Gasteiger partial charge in [-0.1, -0.05) is 13.8 Å². The highest BCUT2D eigenvalue weighted by Crippen LogP contribution is 2.62. The molecule has 22 heavy (non-hydrogen) atoms. The van der Waals surface area contributed by atoms with Gasteiger partial charge >= 0.3 is 0 Å². The maximum absolute atomic E-state index is 12.9. The molecule has 0 spiro atoms. The van der Waals surface area contributed by atoms with E-state index >= 15 is 0 Å². The molecule has 2 atom stereocenters. The molecule has 0 bridgehead atoms. The number of nitrogens with zero attached hydrogens (tertiary/aromatic N) is 2. The van der Waals surface area contributed by atoms with Gasteiger partial charge in [-0.25, -0.2) is 4.98 Å². The van der Waals surface area contributed by atoms with Gasteiger partial charge in [0.2, 0.25) is 0 Å². The van der Waals surface area contributed by atoms with E-state index in [9.17, 15) is 4.79 Å². The molecule has 1 aliphatic carbocycles. The molecule has 0 radical (unpaired) electrons. The van der Waals surface area contributed by atoms with Gasteiger partial charge in [-0.05, 0) is 36.1 Å². The van der Waals surface area contributed by atoms with Crippen LogP contribution in [0.2, 0.25) is 0 Å². The van der Waals surface area contributed by atoms with Crippen molar-refractivity contribution in [3.05, 3.63) is 23.9 Å². The molecular weight excluding hydrogens is 296 g/mol. The standard InChI is InChI=1S/C17H24N2O2S/c1-16(2)9-17(11-21-3)10-19(8-13(16)17)15(20)12-6-5-7-18-14(12)22-4/h5-7,13H,8-11H2,1-4H3/t13-,17-/m1/s1. The fraction of sp³-hybridized carbons (Fsp3) is 0.647. The number of carbonyl (C=O) groups excluding carboxylic acids is 1. The topological polar surface area (TPSA) is 42.4 Å². The summed E-state index contributed by atoms with van der Waals surface area (Å²) in [6, 6.07) is 3.72. The molecule has 0 aromatic carbocycles. The molecule has 2 fully saturated rings. The van der Waals surface area contributed by atoms with Crippen LogP contribution in [0, 0.1) is 16.7 Å². The van der Waals surface area contributed by atoms with Crippen LogP contribution in [0.1, 0.15) is 30.6 Å². The number of rotatable bonds is 4. The Morgan fingerprint density at radius 2 is 2.32 bits per heavy atom. The van der Waals surface area contributed by atoms with Crippen LogP contribution in [0.4, 0.5) is 0 Å². The van der Waals surface area contributed by atoms with Crippen molar-refractivity contribution in [3.8, 4) is 0 Å². The minimum atomic E-state index is 0.109. The van der Waals surface area contributed by atoms with Crippen LogP contribution < -0.4 is 0 Å². The molecule has 0 N–H and O–H groups in total. The molecule has 1 amide bonds. The van der Waals surface area contributed by atoms with Crippen molar-refractivity contribution in [1.82, 2.24) is 9.88 Å². The molecule has 0 unspecified atom stereocenters. The summed E-state index contributed by atoms with van der Waals surface area (Å²) in [4.78, 5) is 19.3. The molecule has 1 saturated heterocycles. The van der Waals surface area contributed by atoms with Crippen LogP contribution in [0.25, 0.3) is 0 Å². The number of hydrogen-bond acceptors (Lipinski definition) is 4. The first-order valence-electron chi connectivity index (χ1n) is 7.71. The van der Waals surface area contributed by atoms with Gasteiger partial charge in [-0.3, -0.25) is 4.79 Å². The van der Waals surface area contributed by atoms with Crippen LogP contribution in [0.15, 0.2) is 23.4 Å². The molecule has 1 aromatic heterocycles. The van der Waals surface area contributed by atoms with Crippen molar-refractivity contribution in [3.63, 3.8) is 0 Å². The predicted octanol–water partition coefficient (Wildman–Crippen LogP) is 2.94. The van der Waals surface area contributed by atoms with E-state index < -0.39 is 0 Å². The highest BCUT2D eigenvalue weighted by molar-refractivity contribution is 7.98. The van der Waals surface area contributed by atoms with Gasteiger partial charge in [-0.15, -0.1) is 11.8 Å². The maximum Gasteiger partial charge on any atom is 0.256 e. The minimum Gasteiger partial charge on any atom is -0.384 e. The van der Waals surface area contributed by atoms with Gasteiger partial charge in [0.05, 0.1) is 12.2 Å². The number of hydrogen-bond donors (Lipinski definition) is 0. The van der Waals surface area contributed by atoms with E-state index in [2.05, 4.69) is 18.8 Å². The Morgan fingerprint density at radius 3 is 2.95 bits per heavy atom. The van der Waals surface area contributed by atoms with Crippen molar-refractivity contribution in [1.29, 1.82) is 0 Å². The van der Waals surface area contributed by atoms with E-state index in [-0.39, 0.29) is 11.3 Å². The number of ether oxygens (including phenoxy) is 1. The highest BCUT2D eigenvalue weighted by atomic mass is 32.2. The lowest BCUT2D eigenvalue weighted by molar-refractivity contribution is -0.107. The fourth-order valence-corrected chi connectivity index (χ4v) is 5.19. The first kappa shape index (κ1) is 15.8. The van der Waals surface area contributed by atoms with Crippen LogP contribution in [0.3, 0.4) is 0 Å². The van der Waals surface area contributed by atoms with E-state index in [0.717, 1.165) is 36.7 Å². The Hall–Kier alpha value is -1.07. The van der Waals surface area contributed by atoms with Crippen LogP contribution in [-0.4, -0.2) is 48.9 Å². The summed E-state index contributed by atoms with van der Waals surface area (Å²) in [5.74, 6) is 0.636. The van der Waals surface area contributed by atoms with E-state index in [0.29, 0.717) is 11.3 Å². The van der Waals surface area contributed by atoms with Crippen molar-refractivity contribution in [2.24, 2.45) is 16.7 Å². The van der Waals surface area contributed by atoms with E-state index in [1.54, 1.807) is 13.3 Å². The lowest BCUT2D eigenvalue weighted by atomic mass is 9.48. The van der Waals surface area contributed by atoms with Gasteiger partial charge in [0.15, 0.2) is 0 Å². The molecule has 5 heteroatoms. The van der Waals surface area contributed by atoms with Crippen molar-refractivity contribution in [2.75, 3.05) is 33.1 Å². The Morgan fingerprint density at radius 1 is 1.55 bits per heavy atom. The number of thioether (sulfide) groups is 1. The van der Waals surface area contributed by atoms with Crippen LogP contribution >= 0.6 is 11.8 Å². The van der Waals surface area contributed by atoms with E-state index in [4.69, 9.17) is 4.74 Å². The number of aromatic nitrogens is 1. The molecule has 120 valence electrons. The first-order chi connectivity index (χ1) is 10.4. The zero-order chi connectivity index (χ0) is 16.0. The molecule has 3 rings (SSSR count). The number of amides is 1. The summed E-state index contributed by atoms with van der Waals surface area (Å²) in [6.45, 7) is 6.98. The van der Waals surface area contributed by atoms with Crippen LogP contribution in [-0.2, 0) is 4.74 Å². The average Bonchev–Trinajstić information content (AvgIpc) is 2.81. The molecule has 2 aliphatic rings. The molecule has 4 nitrogen and oxygen atoms in total. The third-order valence-electron chi connectivity index (χ3n) is 5.31. The van der Waals surface area contributed by atoms with Gasteiger partial charge < -0.3 is 9.64 Å². The number of methoxy groups -OCH3 is 1. The second kappa shape index (κ2) is 5.53. The number of pyridine rings is 1. The average molecular weight is 320 g/mol. The summed E-state index contributed by atoms with van der Waals surface area (Å²) in [5, 5.41) is 0.812. The van der Waals surface area contributed by atoms with Crippen molar-refractivity contribution < 1.29 is 9.53 Å². The van der Waals surface area contributed by atoms with Gasteiger partial charge in [0.1, 0.15) is 5.03 Å². The van der Waals surface area contributed by atoms with Crippen molar-refractivity contribution >= 4 is 17.7 Å². The summed E-state index contributed by atoms with van der Waals surface area (Å²) < 4.78 is 5.47. The summed E-state index contributed by atoms with van der Waals surface area (Å²) in [5.41, 5.74) is 1.17. The zero-order valence-electron chi connectivity index (χ0n) is 13.8. The second-order valence-electron chi connectivity index (χ2n) is 7.26. The lowest BCUT2D eigenvalue weighted by Gasteiger charge is -2.56. The second-order valence-corrected chi connectivity index (χ2v) is 8.05. The zero-order valence-corrected chi connectivity index (χ0v) is 14.6. The monoisotopic (exact) mass is 320 g/mol. The Bertz CT molecular complexity index is 590. The van der Waals surface area contributed by atoms with Gasteiger partial charge in [-0.2, -0.15) is 0 Å². The Kier molecular flexibility index (Phi) is 3.98.